The second-order valence-electron chi connectivity index (χ2n) is 4.47. The van der Waals surface area contributed by atoms with Crippen LogP contribution in [-0.2, 0) is 17.8 Å². The number of aryl methyl sites for hydroxylation is 1. The first-order valence-corrected chi connectivity index (χ1v) is 6.57. The number of ether oxygens (including phenoxy) is 1. The summed E-state index contributed by atoms with van der Waals surface area (Å²) < 4.78 is 4.98. The smallest absolute Gasteiger partial charge is 0.220 e. The molecule has 4 heteroatoms. The molecule has 1 amide bonds. The zero-order valence-corrected chi connectivity index (χ0v) is 11.5. The van der Waals surface area contributed by atoms with Crippen LogP contribution < -0.4 is 10.1 Å². The average molecular weight is 270 g/mol. The summed E-state index contributed by atoms with van der Waals surface area (Å²) in [5, 5.41) is 2.89. The molecule has 0 saturated carbocycles. The summed E-state index contributed by atoms with van der Waals surface area (Å²) in [6.07, 6.45) is 2.96. The highest BCUT2D eigenvalue weighted by Crippen LogP contribution is 2.06. The lowest BCUT2D eigenvalue weighted by atomic mass is 10.1. The standard InChI is InChI=1S/C16H18N2O2/c1-20-16-10-8-14(12-18-16)11-17-15(19)9-7-13-5-3-2-4-6-13/h2-6,8,10,12H,7,9,11H2,1H3,(H,17,19). The number of hydrogen-bond acceptors (Lipinski definition) is 3. The predicted molar refractivity (Wildman–Crippen MR) is 77.4 cm³/mol. The molecule has 0 saturated heterocycles. The lowest BCUT2D eigenvalue weighted by Gasteiger charge is -2.06. The molecular formula is C16H18N2O2. The molecule has 2 aromatic rings. The van der Waals surface area contributed by atoms with Crippen molar-refractivity contribution in [2.24, 2.45) is 0 Å². The number of aromatic nitrogens is 1. The first kappa shape index (κ1) is 14.1. The van der Waals surface area contributed by atoms with E-state index in [-0.39, 0.29) is 5.91 Å². The highest BCUT2D eigenvalue weighted by atomic mass is 16.5. The molecule has 0 unspecified atom stereocenters. The summed E-state index contributed by atoms with van der Waals surface area (Å²) in [5.41, 5.74) is 2.13. The number of pyridine rings is 1. The van der Waals surface area contributed by atoms with Crippen molar-refractivity contribution in [2.75, 3.05) is 7.11 Å². The van der Waals surface area contributed by atoms with Crippen molar-refractivity contribution < 1.29 is 9.53 Å². The molecule has 0 aliphatic heterocycles. The maximum absolute atomic E-state index is 11.8. The molecule has 0 radical (unpaired) electrons. The topological polar surface area (TPSA) is 51.2 Å². The van der Waals surface area contributed by atoms with Crippen molar-refractivity contribution in [1.82, 2.24) is 10.3 Å². The van der Waals surface area contributed by atoms with E-state index in [0.29, 0.717) is 18.8 Å². The van der Waals surface area contributed by atoms with E-state index in [1.807, 2.05) is 36.4 Å². The summed E-state index contributed by atoms with van der Waals surface area (Å²) in [6, 6.07) is 13.7. The fraction of sp³-hybridized carbons (Fsp3) is 0.250. The molecule has 1 aromatic carbocycles. The Labute approximate surface area is 118 Å². The van der Waals surface area contributed by atoms with Gasteiger partial charge in [-0.05, 0) is 17.5 Å². The van der Waals surface area contributed by atoms with Crippen LogP contribution >= 0.6 is 0 Å². The number of benzene rings is 1. The van der Waals surface area contributed by atoms with Gasteiger partial charge in [0, 0.05) is 25.2 Å². The first-order valence-electron chi connectivity index (χ1n) is 6.57. The van der Waals surface area contributed by atoms with Gasteiger partial charge in [0.15, 0.2) is 0 Å². The molecule has 0 fully saturated rings. The van der Waals surface area contributed by atoms with E-state index in [1.165, 1.54) is 5.56 Å². The van der Waals surface area contributed by atoms with Gasteiger partial charge < -0.3 is 10.1 Å². The lowest BCUT2D eigenvalue weighted by Crippen LogP contribution is -2.23. The fourth-order valence-corrected chi connectivity index (χ4v) is 1.83. The number of nitrogens with zero attached hydrogens (tertiary/aromatic N) is 1. The van der Waals surface area contributed by atoms with Crippen LogP contribution in [0.1, 0.15) is 17.5 Å². The second-order valence-corrected chi connectivity index (χ2v) is 4.47. The molecular weight excluding hydrogens is 252 g/mol. The zero-order chi connectivity index (χ0) is 14.2. The first-order chi connectivity index (χ1) is 9.78. The van der Waals surface area contributed by atoms with Gasteiger partial charge in [0.05, 0.1) is 7.11 Å². The van der Waals surface area contributed by atoms with Crippen LogP contribution in [0.2, 0.25) is 0 Å². The number of nitrogens with one attached hydrogen (secondary N) is 1. The van der Waals surface area contributed by atoms with Crippen LogP contribution in [-0.4, -0.2) is 18.0 Å². The summed E-state index contributed by atoms with van der Waals surface area (Å²) in [5.74, 6) is 0.619. The molecule has 1 aromatic heterocycles. The molecule has 2 rings (SSSR count). The normalized spacial score (nSPS) is 10.1. The number of amides is 1. The summed E-state index contributed by atoms with van der Waals surface area (Å²) in [6.45, 7) is 0.491. The number of methoxy groups -OCH3 is 1. The Hall–Kier alpha value is -2.36. The van der Waals surface area contributed by atoms with Gasteiger partial charge in [-0.2, -0.15) is 0 Å². The SMILES string of the molecule is COc1ccc(CNC(=O)CCc2ccccc2)cn1. The third-order valence-corrected chi connectivity index (χ3v) is 2.98. The minimum atomic E-state index is 0.0460. The van der Waals surface area contributed by atoms with Crippen LogP contribution in [0.15, 0.2) is 48.7 Å². The monoisotopic (exact) mass is 270 g/mol. The lowest BCUT2D eigenvalue weighted by molar-refractivity contribution is -0.121. The van der Waals surface area contributed by atoms with Gasteiger partial charge in [-0.1, -0.05) is 36.4 Å². The molecule has 4 nitrogen and oxygen atoms in total. The number of carbonyl (C=O) groups is 1. The maximum Gasteiger partial charge on any atom is 0.220 e. The quantitative estimate of drug-likeness (QED) is 0.876. The molecule has 20 heavy (non-hydrogen) atoms. The Morgan fingerprint density at radius 1 is 1.15 bits per heavy atom. The van der Waals surface area contributed by atoms with Crippen molar-refractivity contribution in [1.29, 1.82) is 0 Å². The van der Waals surface area contributed by atoms with Crippen LogP contribution in [0, 0.1) is 0 Å². The van der Waals surface area contributed by atoms with Crippen molar-refractivity contribution >= 4 is 5.91 Å². The van der Waals surface area contributed by atoms with E-state index >= 15 is 0 Å². The Kier molecular flexibility index (Phi) is 5.12. The Morgan fingerprint density at radius 3 is 2.60 bits per heavy atom. The van der Waals surface area contributed by atoms with E-state index < -0.39 is 0 Å². The van der Waals surface area contributed by atoms with Gasteiger partial charge in [-0.25, -0.2) is 4.98 Å². The van der Waals surface area contributed by atoms with E-state index in [0.717, 1.165) is 12.0 Å². The highest BCUT2D eigenvalue weighted by Gasteiger charge is 2.02. The van der Waals surface area contributed by atoms with Gasteiger partial charge in [0.25, 0.3) is 0 Å². The van der Waals surface area contributed by atoms with Crippen LogP contribution in [0.4, 0.5) is 0 Å². The van der Waals surface area contributed by atoms with E-state index in [1.54, 1.807) is 19.4 Å². The number of rotatable bonds is 6. The molecule has 0 bridgehead atoms. The Bertz CT molecular complexity index is 538. The number of hydrogen-bond donors (Lipinski definition) is 1. The summed E-state index contributed by atoms with van der Waals surface area (Å²) >= 11 is 0. The zero-order valence-electron chi connectivity index (χ0n) is 11.5. The van der Waals surface area contributed by atoms with Crippen molar-refractivity contribution in [3.8, 4) is 5.88 Å². The van der Waals surface area contributed by atoms with Crippen LogP contribution in [0.3, 0.4) is 0 Å². The van der Waals surface area contributed by atoms with E-state index in [4.69, 9.17) is 4.74 Å². The van der Waals surface area contributed by atoms with Gasteiger partial charge >= 0.3 is 0 Å². The predicted octanol–water partition coefficient (Wildman–Crippen LogP) is 2.34. The van der Waals surface area contributed by atoms with Gasteiger partial charge in [-0.15, -0.1) is 0 Å². The molecule has 1 N–H and O–H groups in total. The number of carbonyl (C=O) groups excluding carboxylic acids is 1. The molecule has 0 spiro atoms. The Balaban J connectivity index is 1.74. The second kappa shape index (κ2) is 7.28. The fourth-order valence-electron chi connectivity index (χ4n) is 1.83. The Morgan fingerprint density at radius 2 is 1.95 bits per heavy atom. The van der Waals surface area contributed by atoms with E-state index in [2.05, 4.69) is 10.3 Å². The van der Waals surface area contributed by atoms with Gasteiger partial charge in [0.2, 0.25) is 11.8 Å². The molecule has 0 aliphatic carbocycles. The largest absolute Gasteiger partial charge is 0.481 e. The van der Waals surface area contributed by atoms with Crippen molar-refractivity contribution in [3.63, 3.8) is 0 Å². The minimum absolute atomic E-state index is 0.0460. The third-order valence-electron chi connectivity index (χ3n) is 2.98. The molecule has 1 heterocycles. The van der Waals surface area contributed by atoms with Crippen LogP contribution in [0.25, 0.3) is 0 Å². The molecule has 0 atom stereocenters. The average Bonchev–Trinajstić information content (AvgIpc) is 2.52. The molecule has 0 aliphatic rings. The van der Waals surface area contributed by atoms with Gasteiger partial charge in [0.1, 0.15) is 0 Å². The van der Waals surface area contributed by atoms with Crippen molar-refractivity contribution in [2.45, 2.75) is 19.4 Å². The third kappa shape index (κ3) is 4.39. The van der Waals surface area contributed by atoms with Crippen LogP contribution in [0.5, 0.6) is 5.88 Å². The molecule has 104 valence electrons. The minimum Gasteiger partial charge on any atom is -0.481 e. The highest BCUT2D eigenvalue weighted by molar-refractivity contribution is 5.76. The summed E-state index contributed by atoms with van der Waals surface area (Å²) in [4.78, 5) is 15.9. The van der Waals surface area contributed by atoms with E-state index in [9.17, 15) is 4.79 Å². The summed E-state index contributed by atoms with van der Waals surface area (Å²) in [7, 11) is 1.58. The van der Waals surface area contributed by atoms with Gasteiger partial charge in [-0.3, -0.25) is 4.79 Å². The maximum atomic E-state index is 11.8. The van der Waals surface area contributed by atoms with Crippen molar-refractivity contribution in [3.05, 3.63) is 59.8 Å².